The first-order valence-electron chi connectivity index (χ1n) is 10.2. The van der Waals surface area contributed by atoms with E-state index >= 15 is 0 Å². The molecule has 1 aromatic carbocycles. The molecular formula is C21H30N2O3. The maximum absolute atomic E-state index is 10.2. The minimum absolute atomic E-state index is 0.179. The molecule has 0 amide bonds. The summed E-state index contributed by atoms with van der Waals surface area (Å²) in [6.45, 7) is 0.953. The lowest BCUT2D eigenvalue weighted by molar-refractivity contribution is -0.757. The van der Waals surface area contributed by atoms with Crippen molar-refractivity contribution >= 4 is 0 Å². The molecule has 4 aliphatic rings. The highest BCUT2D eigenvalue weighted by Gasteiger charge is 2.57. The van der Waals surface area contributed by atoms with Gasteiger partial charge in [-0.05, 0) is 86.2 Å². The van der Waals surface area contributed by atoms with Gasteiger partial charge in [0.05, 0.1) is 6.61 Å². The van der Waals surface area contributed by atoms with Gasteiger partial charge in [0.15, 0.2) is 0 Å². The zero-order valence-electron chi connectivity index (χ0n) is 15.4. The van der Waals surface area contributed by atoms with Gasteiger partial charge in [-0.25, -0.2) is 0 Å². The molecule has 1 aromatic rings. The predicted octanol–water partition coefficient (Wildman–Crippen LogP) is 3.87. The number of aryl methyl sites for hydroxylation is 1. The summed E-state index contributed by atoms with van der Waals surface area (Å²) in [7, 11) is 0. The zero-order valence-corrected chi connectivity index (χ0v) is 15.4. The van der Waals surface area contributed by atoms with Crippen molar-refractivity contribution in [1.29, 1.82) is 0 Å². The maximum Gasteiger partial charge on any atom is 0.294 e. The van der Waals surface area contributed by atoms with Crippen molar-refractivity contribution in [3.63, 3.8) is 0 Å². The fourth-order valence-electron chi connectivity index (χ4n) is 6.53. The average Bonchev–Trinajstić information content (AvgIpc) is 2.61. The monoisotopic (exact) mass is 358 g/mol. The van der Waals surface area contributed by atoms with Crippen molar-refractivity contribution in [3.8, 4) is 0 Å². The molecular weight excluding hydrogens is 328 g/mol. The van der Waals surface area contributed by atoms with E-state index in [9.17, 15) is 10.1 Å². The Kier molecular flexibility index (Phi) is 4.91. The van der Waals surface area contributed by atoms with E-state index in [1.54, 1.807) is 0 Å². The smallest absolute Gasteiger partial charge is 0.294 e. The lowest BCUT2D eigenvalue weighted by atomic mass is 9.44. The molecule has 0 aromatic heterocycles. The van der Waals surface area contributed by atoms with Crippen LogP contribution in [0.2, 0.25) is 0 Å². The molecule has 0 atom stereocenters. The third-order valence-corrected chi connectivity index (χ3v) is 7.45. The normalized spacial score (nSPS) is 34.8. The van der Waals surface area contributed by atoms with Crippen molar-refractivity contribution < 1.29 is 9.92 Å². The van der Waals surface area contributed by atoms with Crippen LogP contribution in [0.5, 0.6) is 0 Å². The van der Waals surface area contributed by atoms with Crippen molar-refractivity contribution in [2.45, 2.75) is 56.8 Å². The van der Waals surface area contributed by atoms with Crippen LogP contribution < -0.4 is 5.73 Å². The minimum atomic E-state index is -0.710. The van der Waals surface area contributed by atoms with Crippen LogP contribution in [-0.2, 0) is 16.7 Å². The van der Waals surface area contributed by atoms with Gasteiger partial charge in [0.25, 0.3) is 5.09 Å². The fourth-order valence-corrected chi connectivity index (χ4v) is 6.53. The molecule has 0 heterocycles. The van der Waals surface area contributed by atoms with Crippen molar-refractivity contribution in [2.24, 2.45) is 29.4 Å². The number of unbranched alkanes of at least 4 members (excludes halogenated alkanes) is 1. The summed E-state index contributed by atoms with van der Waals surface area (Å²) < 4.78 is 0. The third-order valence-electron chi connectivity index (χ3n) is 7.45. The Morgan fingerprint density at radius 1 is 1.12 bits per heavy atom. The second-order valence-corrected chi connectivity index (χ2v) is 8.76. The summed E-state index contributed by atoms with van der Waals surface area (Å²) in [5, 5.41) is 9.50. The van der Waals surface area contributed by atoms with Crippen LogP contribution in [0.15, 0.2) is 24.3 Å². The van der Waals surface area contributed by atoms with Crippen LogP contribution in [0.4, 0.5) is 0 Å². The van der Waals surface area contributed by atoms with E-state index in [-0.39, 0.29) is 12.0 Å². The molecule has 4 saturated carbocycles. The molecule has 142 valence electrons. The number of rotatable bonds is 8. The molecule has 4 fully saturated rings. The van der Waals surface area contributed by atoms with Gasteiger partial charge in [-0.3, -0.25) is 0 Å². The Labute approximate surface area is 155 Å². The number of nitrogens with zero attached hydrogens (tertiary/aromatic N) is 1. The Bertz CT molecular complexity index is 632. The lowest BCUT2D eigenvalue weighted by Gasteiger charge is -2.61. The topological polar surface area (TPSA) is 78.4 Å². The van der Waals surface area contributed by atoms with Crippen LogP contribution in [-0.4, -0.2) is 18.2 Å². The van der Waals surface area contributed by atoms with Gasteiger partial charge < -0.3 is 10.6 Å². The van der Waals surface area contributed by atoms with Gasteiger partial charge >= 0.3 is 0 Å². The second-order valence-electron chi connectivity index (χ2n) is 8.76. The molecule has 0 saturated heterocycles. The lowest BCUT2D eigenvalue weighted by Crippen LogP contribution is -2.58. The van der Waals surface area contributed by atoms with E-state index in [0.717, 1.165) is 43.1 Å². The minimum Gasteiger partial charge on any atom is -0.330 e. The fraction of sp³-hybridized carbons (Fsp3) is 0.714. The molecule has 5 rings (SSSR count). The zero-order chi connectivity index (χ0) is 18.1. The predicted molar refractivity (Wildman–Crippen MR) is 100 cm³/mol. The highest BCUT2D eigenvalue weighted by Crippen LogP contribution is 2.62. The van der Waals surface area contributed by atoms with Gasteiger partial charge in [-0.2, -0.15) is 0 Å². The summed E-state index contributed by atoms with van der Waals surface area (Å²) in [5.41, 5.74) is 9.41. The van der Waals surface area contributed by atoms with Crippen LogP contribution >= 0.6 is 0 Å². The molecule has 5 heteroatoms. The number of hydrogen-bond donors (Lipinski definition) is 1. The Balaban J connectivity index is 1.47. The van der Waals surface area contributed by atoms with Crippen LogP contribution in [0, 0.1) is 33.8 Å². The molecule has 4 bridgehead atoms. The molecule has 5 nitrogen and oxygen atoms in total. The summed E-state index contributed by atoms with van der Waals surface area (Å²) in [6, 6.07) is 9.04. The van der Waals surface area contributed by atoms with Crippen molar-refractivity contribution in [2.75, 3.05) is 13.2 Å². The first-order chi connectivity index (χ1) is 12.6. The second kappa shape index (κ2) is 7.18. The van der Waals surface area contributed by atoms with Crippen LogP contribution in [0.25, 0.3) is 0 Å². The first kappa shape index (κ1) is 17.8. The Morgan fingerprint density at radius 3 is 2.42 bits per heavy atom. The number of nitrogens with two attached hydrogens (primary N) is 1. The van der Waals surface area contributed by atoms with Gasteiger partial charge in [0.1, 0.15) is 0 Å². The quantitative estimate of drug-likeness (QED) is 0.435. The van der Waals surface area contributed by atoms with E-state index in [0.29, 0.717) is 6.42 Å². The average molecular weight is 358 g/mol. The molecule has 0 radical (unpaired) electrons. The molecule has 4 aliphatic carbocycles. The summed E-state index contributed by atoms with van der Waals surface area (Å²) in [4.78, 5) is 14.6. The highest BCUT2D eigenvalue weighted by molar-refractivity contribution is 5.35. The van der Waals surface area contributed by atoms with E-state index in [4.69, 9.17) is 5.73 Å². The van der Waals surface area contributed by atoms with Crippen molar-refractivity contribution in [1.82, 2.24) is 0 Å². The van der Waals surface area contributed by atoms with Gasteiger partial charge in [-0.1, -0.05) is 24.3 Å². The summed E-state index contributed by atoms with van der Waals surface area (Å²) in [6.07, 6.45) is 9.49. The standard InChI is InChI=1S/C21H30N2O3/c22-14-21(19-10-16-8-17(12-19)13-20(21)11-16)18-6-3-5-15(9-18)4-1-2-7-26-23(24)25/h3,5-6,9,16-17,19-20H,1-2,4,7-8,10-14,22H2. The van der Waals surface area contributed by atoms with Gasteiger partial charge in [0.2, 0.25) is 0 Å². The SMILES string of the molecule is NCC1(c2cccc(CCCCO[N+](=O)[O-])c2)C2CC3CC(C2)CC1C3. The maximum atomic E-state index is 10.2. The third kappa shape index (κ3) is 3.11. The Hall–Kier alpha value is -1.62. The number of hydrogen-bond acceptors (Lipinski definition) is 4. The number of benzene rings is 1. The van der Waals surface area contributed by atoms with E-state index in [1.807, 2.05) is 0 Å². The molecule has 0 aliphatic heterocycles. The van der Waals surface area contributed by atoms with E-state index in [2.05, 4.69) is 29.1 Å². The van der Waals surface area contributed by atoms with Gasteiger partial charge in [-0.15, -0.1) is 10.1 Å². The van der Waals surface area contributed by atoms with Crippen molar-refractivity contribution in [3.05, 3.63) is 45.5 Å². The molecule has 26 heavy (non-hydrogen) atoms. The largest absolute Gasteiger partial charge is 0.330 e. The molecule has 0 spiro atoms. The van der Waals surface area contributed by atoms with E-state index < -0.39 is 5.09 Å². The summed E-state index contributed by atoms with van der Waals surface area (Å²) in [5.74, 6) is 3.41. The van der Waals surface area contributed by atoms with E-state index in [1.165, 1.54) is 43.2 Å². The van der Waals surface area contributed by atoms with Crippen LogP contribution in [0.1, 0.15) is 56.1 Å². The van der Waals surface area contributed by atoms with Crippen LogP contribution in [0.3, 0.4) is 0 Å². The highest BCUT2D eigenvalue weighted by atomic mass is 16.9. The Morgan fingerprint density at radius 2 is 1.81 bits per heavy atom. The molecule has 2 N–H and O–H groups in total. The first-order valence-corrected chi connectivity index (χ1v) is 10.2. The molecule has 0 unspecified atom stereocenters. The van der Waals surface area contributed by atoms with Gasteiger partial charge in [0, 0.05) is 12.0 Å². The summed E-state index contributed by atoms with van der Waals surface area (Å²) >= 11 is 0.